The lowest BCUT2D eigenvalue weighted by Gasteiger charge is -2.25. The molecule has 0 atom stereocenters. The Labute approximate surface area is 136 Å². The van der Waals surface area contributed by atoms with Crippen LogP contribution in [0.4, 0.5) is 4.39 Å². The molecular formula is C19H22FNO2. The smallest absolute Gasteiger partial charge is 0.148 e. The van der Waals surface area contributed by atoms with E-state index in [0.717, 1.165) is 17.0 Å². The Bertz CT molecular complexity index is 766. The molecule has 0 aliphatic rings. The van der Waals surface area contributed by atoms with Crippen LogP contribution in [0.5, 0.6) is 11.5 Å². The molecule has 0 aliphatic heterocycles. The van der Waals surface area contributed by atoms with Gasteiger partial charge in [-0.1, -0.05) is 6.07 Å². The van der Waals surface area contributed by atoms with Crippen molar-refractivity contribution in [3.63, 3.8) is 0 Å². The third kappa shape index (κ3) is 3.26. The lowest BCUT2D eigenvalue weighted by atomic mass is 9.80. The Balaban J connectivity index is 2.56. The zero-order valence-electron chi connectivity index (χ0n) is 14.5. The number of pyridine rings is 1. The van der Waals surface area contributed by atoms with Gasteiger partial charge in [0.2, 0.25) is 0 Å². The third-order valence-corrected chi connectivity index (χ3v) is 4.31. The quantitative estimate of drug-likeness (QED) is 0.813. The van der Waals surface area contributed by atoms with Crippen LogP contribution in [0.2, 0.25) is 0 Å². The molecule has 0 amide bonds. The van der Waals surface area contributed by atoms with Crippen molar-refractivity contribution in [1.29, 1.82) is 0 Å². The summed E-state index contributed by atoms with van der Waals surface area (Å²) >= 11 is 0. The molecule has 122 valence electrons. The molecule has 0 fully saturated rings. The van der Waals surface area contributed by atoms with E-state index in [9.17, 15) is 9.18 Å². The first kappa shape index (κ1) is 17.1. The maximum Gasteiger partial charge on any atom is 0.148 e. The van der Waals surface area contributed by atoms with Crippen LogP contribution in [0.25, 0.3) is 0 Å². The van der Waals surface area contributed by atoms with Gasteiger partial charge in [-0.05, 0) is 65.3 Å². The van der Waals surface area contributed by atoms with E-state index in [2.05, 4.69) is 4.98 Å². The summed E-state index contributed by atoms with van der Waals surface area (Å²) < 4.78 is 20.3. The van der Waals surface area contributed by atoms with Gasteiger partial charge in [-0.25, -0.2) is 4.39 Å². The van der Waals surface area contributed by atoms with E-state index in [1.807, 2.05) is 26.8 Å². The second-order valence-electron chi connectivity index (χ2n) is 6.37. The zero-order chi connectivity index (χ0) is 17.4. The Hall–Kier alpha value is -2.23. The molecule has 0 N–H and O–H groups in total. The molecule has 0 aliphatic carbocycles. The van der Waals surface area contributed by atoms with Gasteiger partial charge in [0, 0.05) is 11.3 Å². The third-order valence-electron chi connectivity index (χ3n) is 4.31. The Morgan fingerprint density at radius 3 is 2.39 bits per heavy atom. The average Bonchev–Trinajstić information content (AvgIpc) is 2.44. The van der Waals surface area contributed by atoms with Gasteiger partial charge >= 0.3 is 0 Å². The van der Waals surface area contributed by atoms with Gasteiger partial charge in [0.15, 0.2) is 0 Å². The van der Waals surface area contributed by atoms with Gasteiger partial charge in [-0.3, -0.25) is 9.78 Å². The number of hydrogen-bond donors (Lipinski definition) is 0. The van der Waals surface area contributed by atoms with E-state index in [-0.39, 0.29) is 11.3 Å². The molecule has 3 nitrogen and oxygen atoms in total. The van der Waals surface area contributed by atoms with Gasteiger partial charge in [-0.15, -0.1) is 0 Å². The number of ketones is 1. The summed E-state index contributed by atoms with van der Waals surface area (Å²) in [6, 6.07) is 6.48. The van der Waals surface area contributed by atoms with Crippen LogP contribution >= 0.6 is 0 Å². The molecule has 1 aromatic heterocycles. The van der Waals surface area contributed by atoms with E-state index in [1.54, 1.807) is 26.0 Å². The van der Waals surface area contributed by atoms with Crippen molar-refractivity contribution in [2.75, 3.05) is 0 Å². The minimum absolute atomic E-state index is 0.123. The monoisotopic (exact) mass is 315 g/mol. The molecule has 23 heavy (non-hydrogen) atoms. The summed E-state index contributed by atoms with van der Waals surface area (Å²) in [5.41, 5.74) is 1.95. The molecule has 0 saturated carbocycles. The van der Waals surface area contributed by atoms with Gasteiger partial charge in [-0.2, -0.15) is 0 Å². The number of Topliss-reactive ketones (excluding diaryl/α,β-unsaturated/α-hetero) is 1. The summed E-state index contributed by atoms with van der Waals surface area (Å²) in [5.74, 6) is 0.345. The number of rotatable bonds is 4. The second kappa shape index (κ2) is 6.11. The number of benzene rings is 1. The number of carbonyl (C=O) groups is 1. The summed E-state index contributed by atoms with van der Waals surface area (Å²) in [5, 5.41) is 0. The van der Waals surface area contributed by atoms with Crippen molar-refractivity contribution in [1.82, 2.24) is 4.98 Å². The van der Waals surface area contributed by atoms with E-state index in [0.29, 0.717) is 11.5 Å². The average molecular weight is 315 g/mol. The topological polar surface area (TPSA) is 39.2 Å². The highest BCUT2D eigenvalue weighted by Gasteiger charge is 2.33. The van der Waals surface area contributed by atoms with Crippen LogP contribution in [-0.2, 0) is 10.2 Å². The van der Waals surface area contributed by atoms with Crippen LogP contribution in [-0.4, -0.2) is 10.8 Å². The standard InChI is InChI=1S/C19H22FNO2/c1-11-10-17(13(3)21-12(11)2)23-16-9-7-8-15(20)18(16)19(5,6)14(4)22/h7-10H,1-6H3. The number of hydrogen-bond acceptors (Lipinski definition) is 3. The Morgan fingerprint density at radius 2 is 1.78 bits per heavy atom. The number of carbonyl (C=O) groups excluding carboxylic acids is 1. The maximum atomic E-state index is 14.4. The van der Waals surface area contributed by atoms with Crippen LogP contribution in [0, 0.1) is 26.6 Å². The van der Waals surface area contributed by atoms with Crippen LogP contribution in [0.3, 0.4) is 0 Å². The molecule has 0 bridgehead atoms. The van der Waals surface area contributed by atoms with Crippen molar-refractivity contribution in [3.8, 4) is 11.5 Å². The van der Waals surface area contributed by atoms with E-state index in [1.165, 1.54) is 13.0 Å². The Kier molecular flexibility index (Phi) is 4.55. The highest BCUT2D eigenvalue weighted by Crippen LogP contribution is 2.37. The molecule has 0 saturated heterocycles. The first-order valence-corrected chi connectivity index (χ1v) is 7.57. The lowest BCUT2D eigenvalue weighted by Crippen LogP contribution is -2.28. The van der Waals surface area contributed by atoms with Gasteiger partial charge < -0.3 is 4.74 Å². The van der Waals surface area contributed by atoms with Crippen LogP contribution in [0.1, 0.15) is 43.3 Å². The van der Waals surface area contributed by atoms with Crippen LogP contribution in [0.15, 0.2) is 24.3 Å². The fraction of sp³-hybridized carbons (Fsp3) is 0.368. The molecular weight excluding hydrogens is 293 g/mol. The molecule has 0 spiro atoms. The second-order valence-corrected chi connectivity index (χ2v) is 6.37. The normalized spacial score (nSPS) is 11.4. The first-order valence-electron chi connectivity index (χ1n) is 7.57. The van der Waals surface area contributed by atoms with E-state index < -0.39 is 11.2 Å². The van der Waals surface area contributed by atoms with Gasteiger partial charge in [0.1, 0.15) is 23.1 Å². The summed E-state index contributed by atoms with van der Waals surface area (Å²) in [4.78, 5) is 16.4. The lowest BCUT2D eigenvalue weighted by molar-refractivity contribution is -0.121. The molecule has 0 unspecified atom stereocenters. The summed E-state index contributed by atoms with van der Waals surface area (Å²) in [6.45, 7) is 10.6. The van der Waals surface area contributed by atoms with Crippen LogP contribution < -0.4 is 4.74 Å². The van der Waals surface area contributed by atoms with Gasteiger partial charge in [0.05, 0.1) is 11.1 Å². The molecule has 2 aromatic rings. The molecule has 0 radical (unpaired) electrons. The van der Waals surface area contributed by atoms with Gasteiger partial charge in [0.25, 0.3) is 0 Å². The largest absolute Gasteiger partial charge is 0.455 e. The van der Waals surface area contributed by atoms with Crippen molar-refractivity contribution < 1.29 is 13.9 Å². The fourth-order valence-corrected chi connectivity index (χ4v) is 2.39. The van der Waals surface area contributed by atoms with Crippen molar-refractivity contribution in [2.24, 2.45) is 0 Å². The highest BCUT2D eigenvalue weighted by atomic mass is 19.1. The zero-order valence-corrected chi connectivity index (χ0v) is 14.5. The SMILES string of the molecule is CC(=O)C(C)(C)c1c(F)cccc1Oc1cc(C)c(C)nc1C. The van der Waals surface area contributed by atoms with Crippen molar-refractivity contribution >= 4 is 5.78 Å². The Morgan fingerprint density at radius 1 is 1.13 bits per heavy atom. The summed E-state index contributed by atoms with van der Waals surface area (Å²) in [6.07, 6.45) is 0. The number of ether oxygens (including phenoxy) is 1. The number of aromatic nitrogens is 1. The van der Waals surface area contributed by atoms with Crippen molar-refractivity contribution in [2.45, 2.75) is 47.0 Å². The minimum atomic E-state index is -0.970. The predicted octanol–water partition coefficient (Wildman–Crippen LogP) is 4.80. The molecule has 1 heterocycles. The van der Waals surface area contributed by atoms with Crippen molar-refractivity contribution in [3.05, 3.63) is 52.6 Å². The molecule has 2 rings (SSSR count). The first-order chi connectivity index (χ1) is 10.6. The molecule has 1 aromatic carbocycles. The number of aryl methyl sites for hydroxylation is 3. The van der Waals surface area contributed by atoms with E-state index >= 15 is 0 Å². The molecule has 4 heteroatoms. The fourth-order valence-electron chi connectivity index (χ4n) is 2.39. The summed E-state index contributed by atoms with van der Waals surface area (Å²) in [7, 11) is 0. The van der Waals surface area contributed by atoms with E-state index in [4.69, 9.17) is 4.74 Å². The predicted molar refractivity (Wildman–Crippen MR) is 88.6 cm³/mol. The highest BCUT2D eigenvalue weighted by molar-refractivity contribution is 5.88. The maximum absolute atomic E-state index is 14.4. The number of halogens is 1. The number of nitrogens with zero attached hydrogens (tertiary/aromatic N) is 1. The minimum Gasteiger partial charge on any atom is -0.455 e.